The standard InChI is InChI=1S/C33H29N3O9S/c1-5-43-26-18-21(12-15-25(26)42-4)29-28(32(39)44-6-2)19(3)34-33-35(29)30(37)27(46-33)16-20-10-13-24(14-11-20)45-31(38)22-8-7-9-23(17-22)36(40)41/h7-18,29H,5-6H2,1-4H3/b27-16-/t29-/m1/s1. The van der Waals surface area contributed by atoms with Gasteiger partial charge in [-0.1, -0.05) is 35.6 Å². The van der Waals surface area contributed by atoms with E-state index in [-0.39, 0.29) is 34.7 Å². The zero-order valence-electron chi connectivity index (χ0n) is 25.3. The highest BCUT2D eigenvalue weighted by Crippen LogP contribution is 2.36. The van der Waals surface area contributed by atoms with E-state index < -0.39 is 22.9 Å². The number of rotatable bonds is 10. The van der Waals surface area contributed by atoms with Crippen molar-refractivity contribution in [1.82, 2.24) is 4.57 Å². The van der Waals surface area contributed by atoms with Crippen LogP contribution in [0.5, 0.6) is 17.2 Å². The molecule has 0 amide bonds. The summed E-state index contributed by atoms with van der Waals surface area (Å²) in [7, 11) is 1.53. The number of carbonyl (C=O) groups excluding carboxylic acids is 2. The molecule has 1 aromatic heterocycles. The Hall–Kier alpha value is -5.56. The minimum absolute atomic E-state index is 0.0386. The predicted octanol–water partition coefficient (Wildman–Crippen LogP) is 4.33. The fourth-order valence-electron chi connectivity index (χ4n) is 4.93. The summed E-state index contributed by atoms with van der Waals surface area (Å²) in [6, 6.07) is 16.1. The number of hydrogen-bond donors (Lipinski definition) is 0. The normalized spacial score (nSPS) is 14.3. The molecule has 1 atom stereocenters. The van der Waals surface area contributed by atoms with Gasteiger partial charge in [-0.05, 0) is 68.3 Å². The van der Waals surface area contributed by atoms with Gasteiger partial charge in [0.1, 0.15) is 5.75 Å². The van der Waals surface area contributed by atoms with Crippen molar-refractivity contribution < 1.29 is 33.5 Å². The van der Waals surface area contributed by atoms with Gasteiger partial charge in [0.15, 0.2) is 16.3 Å². The number of non-ortho nitro benzene ring substituents is 1. The van der Waals surface area contributed by atoms with Crippen LogP contribution in [0.25, 0.3) is 6.08 Å². The second-order valence-corrected chi connectivity index (χ2v) is 10.9. The van der Waals surface area contributed by atoms with E-state index in [4.69, 9.17) is 18.9 Å². The maximum absolute atomic E-state index is 13.9. The van der Waals surface area contributed by atoms with Crippen molar-refractivity contribution in [1.29, 1.82) is 0 Å². The Kier molecular flexibility index (Phi) is 9.42. The third-order valence-electron chi connectivity index (χ3n) is 7.00. The average molecular weight is 644 g/mol. The minimum Gasteiger partial charge on any atom is -0.493 e. The number of carbonyl (C=O) groups is 2. The van der Waals surface area contributed by atoms with Crippen LogP contribution >= 0.6 is 11.3 Å². The Balaban J connectivity index is 1.51. The number of esters is 2. The zero-order chi connectivity index (χ0) is 33.0. The molecule has 3 aromatic carbocycles. The number of thiazole rings is 1. The number of methoxy groups -OCH3 is 1. The topological polar surface area (TPSA) is 149 Å². The summed E-state index contributed by atoms with van der Waals surface area (Å²) in [4.78, 5) is 55.2. The molecule has 236 valence electrons. The van der Waals surface area contributed by atoms with E-state index in [2.05, 4.69) is 4.99 Å². The highest BCUT2D eigenvalue weighted by Gasteiger charge is 2.34. The summed E-state index contributed by atoms with van der Waals surface area (Å²) in [5.74, 6) is -0.130. The van der Waals surface area contributed by atoms with E-state index in [1.165, 1.54) is 41.2 Å². The molecular weight excluding hydrogens is 614 g/mol. The summed E-state index contributed by atoms with van der Waals surface area (Å²) >= 11 is 1.17. The van der Waals surface area contributed by atoms with Crippen molar-refractivity contribution in [3.05, 3.63) is 124 Å². The van der Waals surface area contributed by atoms with E-state index in [9.17, 15) is 24.5 Å². The van der Waals surface area contributed by atoms with Crippen LogP contribution in [-0.4, -0.2) is 41.8 Å². The van der Waals surface area contributed by atoms with Gasteiger partial charge < -0.3 is 18.9 Å². The molecule has 12 nitrogen and oxygen atoms in total. The number of fused-ring (bicyclic) bond motifs is 1. The zero-order valence-corrected chi connectivity index (χ0v) is 26.2. The molecule has 4 aromatic rings. The molecule has 0 radical (unpaired) electrons. The van der Waals surface area contributed by atoms with Crippen LogP contribution in [0.2, 0.25) is 0 Å². The molecule has 13 heteroatoms. The quantitative estimate of drug-likeness (QED) is 0.107. The molecule has 0 unspecified atom stereocenters. The van der Waals surface area contributed by atoms with Crippen LogP contribution in [0.15, 0.2) is 87.8 Å². The Morgan fingerprint density at radius 3 is 2.46 bits per heavy atom. The first kappa shape index (κ1) is 31.9. The smallest absolute Gasteiger partial charge is 0.343 e. The number of allylic oxidation sites excluding steroid dienone is 1. The van der Waals surface area contributed by atoms with E-state index in [0.717, 1.165) is 6.07 Å². The molecule has 0 N–H and O–H groups in total. The Morgan fingerprint density at radius 2 is 1.78 bits per heavy atom. The molecule has 0 spiro atoms. The van der Waals surface area contributed by atoms with Crippen molar-refractivity contribution in [2.24, 2.45) is 4.99 Å². The highest BCUT2D eigenvalue weighted by atomic mass is 32.1. The molecule has 0 fully saturated rings. The number of nitro benzene ring substituents is 1. The van der Waals surface area contributed by atoms with Crippen LogP contribution in [0.1, 0.15) is 48.3 Å². The van der Waals surface area contributed by atoms with E-state index >= 15 is 0 Å². The molecule has 0 aliphatic carbocycles. The van der Waals surface area contributed by atoms with Crippen LogP contribution in [0, 0.1) is 10.1 Å². The number of ether oxygens (including phenoxy) is 4. The first-order valence-corrected chi connectivity index (χ1v) is 15.0. The summed E-state index contributed by atoms with van der Waals surface area (Å²) in [6.45, 7) is 5.79. The Labute approximate surface area is 266 Å². The second-order valence-electron chi connectivity index (χ2n) is 9.91. The largest absolute Gasteiger partial charge is 0.493 e. The third-order valence-corrected chi connectivity index (χ3v) is 7.98. The first-order chi connectivity index (χ1) is 22.1. The Morgan fingerprint density at radius 1 is 1.02 bits per heavy atom. The third kappa shape index (κ3) is 6.44. The summed E-state index contributed by atoms with van der Waals surface area (Å²) in [6.07, 6.45) is 1.68. The van der Waals surface area contributed by atoms with Crippen LogP contribution < -0.4 is 29.1 Å². The number of aromatic nitrogens is 1. The van der Waals surface area contributed by atoms with Gasteiger partial charge in [0.05, 0.1) is 52.7 Å². The molecule has 0 bridgehead atoms. The molecule has 0 saturated heterocycles. The molecule has 5 rings (SSSR count). The summed E-state index contributed by atoms with van der Waals surface area (Å²) in [5, 5.41) is 11.0. The van der Waals surface area contributed by atoms with Crippen LogP contribution in [0.4, 0.5) is 5.69 Å². The number of nitrogens with zero attached hydrogens (tertiary/aromatic N) is 3. The molecular formula is C33H29N3O9S. The van der Waals surface area contributed by atoms with Gasteiger partial charge in [-0.15, -0.1) is 0 Å². The highest BCUT2D eigenvalue weighted by molar-refractivity contribution is 7.07. The van der Waals surface area contributed by atoms with Crippen molar-refractivity contribution in [3.63, 3.8) is 0 Å². The SMILES string of the molecule is CCOC(=O)C1=C(C)N=c2s/c(=C\c3ccc(OC(=O)c4cccc([N+](=O)[O-])c4)cc3)c(=O)n2[C@@H]1c1ccc(OC)c(OCC)c1. The summed E-state index contributed by atoms with van der Waals surface area (Å²) in [5.41, 5.74) is 1.38. The molecule has 46 heavy (non-hydrogen) atoms. The van der Waals surface area contributed by atoms with E-state index in [1.54, 1.807) is 62.4 Å². The van der Waals surface area contributed by atoms with Gasteiger partial charge >= 0.3 is 11.9 Å². The number of nitro groups is 1. The van der Waals surface area contributed by atoms with Crippen LogP contribution in [-0.2, 0) is 9.53 Å². The van der Waals surface area contributed by atoms with Crippen molar-refractivity contribution in [3.8, 4) is 17.2 Å². The van der Waals surface area contributed by atoms with E-state index in [1.807, 2.05) is 6.92 Å². The average Bonchev–Trinajstić information content (AvgIpc) is 3.35. The van der Waals surface area contributed by atoms with Gasteiger partial charge in [0.25, 0.3) is 11.2 Å². The molecule has 2 heterocycles. The van der Waals surface area contributed by atoms with Crippen molar-refractivity contribution in [2.75, 3.05) is 20.3 Å². The van der Waals surface area contributed by atoms with Crippen molar-refractivity contribution in [2.45, 2.75) is 26.8 Å². The van der Waals surface area contributed by atoms with E-state index in [0.29, 0.717) is 44.3 Å². The lowest BCUT2D eigenvalue weighted by Gasteiger charge is -2.25. The van der Waals surface area contributed by atoms with Gasteiger partial charge in [-0.3, -0.25) is 19.5 Å². The fourth-order valence-corrected chi connectivity index (χ4v) is 5.98. The fraction of sp³-hybridized carbons (Fsp3) is 0.212. The van der Waals surface area contributed by atoms with Gasteiger partial charge in [0, 0.05) is 12.1 Å². The maximum Gasteiger partial charge on any atom is 0.343 e. The van der Waals surface area contributed by atoms with Crippen molar-refractivity contribution >= 4 is 35.0 Å². The summed E-state index contributed by atoms with van der Waals surface area (Å²) < 4.78 is 23.8. The minimum atomic E-state index is -0.835. The van der Waals surface area contributed by atoms with Gasteiger partial charge in [-0.25, -0.2) is 14.6 Å². The molecule has 1 aliphatic heterocycles. The first-order valence-electron chi connectivity index (χ1n) is 14.2. The number of hydrogen-bond acceptors (Lipinski definition) is 11. The monoisotopic (exact) mass is 643 g/mol. The lowest BCUT2D eigenvalue weighted by atomic mass is 9.95. The Bertz CT molecular complexity index is 2050. The maximum atomic E-state index is 13.9. The second kappa shape index (κ2) is 13.6. The lowest BCUT2D eigenvalue weighted by molar-refractivity contribution is -0.384. The molecule has 0 saturated carbocycles. The molecule has 1 aliphatic rings. The van der Waals surface area contributed by atoms with Gasteiger partial charge in [0.2, 0.25) is 0 Å². The number of benzene rings is 3. The predicted molar refractivity (Wildman–Crippen MR) is 169 cm³/mol. The van der Waals surface area contributed by atoms with Crippen LogP contribution in [0.3, 0.4) is 0 Å². The lowest BCUT2D eigenvalue weighted by Crippen LogP contribution is -2.40. The van der Waals surface area contributed by atoms with Gasteiger partial charge in [-0.2, -0.15) is 0 Å².